The molecule has 13 heteroatoms. The molecule has 0 saturated heterocycles. The van der Waals surface area contributed by atoms with Gasteiger partial charge in [0, 0.05) is 17.3 Å². The number of benzene rings is 3. The Hall–Kier alpha value is -3.71. The molecular weight excluding hydrogens is 578 g/mol. The molecule has 0 aliphatic heterocycles. The van der Waals surface area contributed by atoms with Crippen molar-refractivity contribution in [3.05, 3.63) is 99.2 Å². The Kier molecular flexibility index (Phi) is 7.71. The fraction of sp³-hybridized carbons (Fsp3) is 0.0769. The predicted molar refractivity (Wildman–Crippen MR) is 156 cm³/mol. The highest BCUT2D eigenvalue weighted by Gasteiger charge is 2.18. The Morgan fingerprint density at radius 2 is 1.87 bits per heavy atom. The number of carbonyl (C=O) groups is 1. The van der Waals surface area contributed by atoms with Gasteiger partial charge in [-0.05, 0) is 61.0 Å². The first kappa shape index (κ1) is 26.9. The van der Waals surface area contributed by atoms with Crippen LogP contribution in [0.4, 0.5) is 10.8 Å². The second-order valence-corrected chi connectivity index (χ2v) is 12.2. The number of halogens is 1. The van der Waals surface area contributed by atoms with Gasteiger partial charge in [-0.15, -0.1) is 11.3 Å². The summed E-state index contributed by atoms with van der Waals surface area (Å²) in [5.41, 5.74) is 2.02. The SMILES string of the molecule is Cc1ccc(Cl)c(-n2c(SCC(=O)Nc3ccc(S(=O)(=O)Nc4nccs4)cc3)nc3ccccc3c2=O)c1. The first-order valence-corrected chi connectivity index (χ1v) is 15.2. The molecule has 0 spiro atoms. The summed E-state index contributed by atoms with van der Waals surface area (Å²) in [6.45, 7) is 1.89. The molecule has 5 aromatic rings. The number of hydrogen-bond donors (Lipinski definition) is 2. The molecule has 2 N–H and O–H groups in total. The molecule has 39 heavy (non-hydrogen) atoms. The lowest BCUT2D eigenvalue weighted by Crippen LogP contribution is -2.23. The zero-order valence-electron chi connectivity index (χ0n) is 20.3. The summed E-state index contributed by atoms with van der Waals surface area (Å²) in [6, 6.07) is 18.1. The zero-order chi connectivity index (χ0) is 27.6. The number of nitrogens with zero attached hydrogens (tertiary/aromatic N) is 3. The first-order chi connectivity index (χ1) is 18.7. The molecular formula is C26H20ClN5O4S3. The highest BCUT2D eigenvalue weighted by Crippen LogP contribution is 2.27. The summed E-state index contributed by atoms with van der Waals surface area (Å²) in [7, 11) is -3.80. The smallest absolute Gasteiger partial charge is 0.266 e. The maximum Gasteiger partial charge on any atom is 0.266 e. The molecule has 5 rings (SSSR count). The van der Waals surface area contributed by atoms with Crippen LogP contribution in [0.1, 0.15) is 5.56 Å². The number of thioether (sulfide) groups is 1. The minimum atomic E-state index is -3.80. The molecule has 0 bridgehead atoms. The van der Waals surface area contributed by atoms with Crippen LogP contribution in [0.15, 0.2) is 93.2 Å². The maximum atomic E-state index is 13.5. The first-order valence-electron chi connectivity index (χ1n) is 11.4. The number of sulfonamides is 1. The van der Waals surface area contributed by atoms with E-state index in [9.17, 15) is 18.0 Å². The number of carbonyl (C=O) groups excluding carboxylic acids is 1. The number of aromatic nitrogens is 3. The molecule has 0 aliphatic carbocycles. The molecule has 9 nitrogen and oxygen atoms in total. The number of aryl methyl sites for hydroxylation is 1. The quantitative estimate of drug-likeness (QED) is 0.183. The summed E-state index contributed by atoms with van der Waals surface area (Å²) in [6.07, 6.45) is 1.50. The molecule has 2 aromatic heterocycles. The van der Waals surface area contributed by atoms with Crippen molar-refractivity contribution in [1.29, 1.82) is 0 Å². The van der Waals surface area contributed by atoms with Gasteiger partial charge in [0.2, 0.25) is 5.91 Å². The van der Waals surface area contributed by atoms with Crippen molar-refractivity contribution < 1.29 is 13.2 Å². The van der Waals surface area contributed by atoms with E-state index < -0.39 is 10.0 Å². The van der Waals surface area contributed by atoms with Crippen LogP contribution >= 0.6 is 34.7 Å². The van der Waals surface area contributed by atoms with E-state index in [1.807, 2.05) is 13.0 Å². The van der Waals surface area contributed by atoms with E-state index in [1.165, 1.54) is 46.4 Å². The second-order valence-electron chi connectivity index (χ2n) is 8.31. The third-order valence-electron chi connectivity index (χ3n) is 5.52. The van der Waals surface area contributed by atoms with Crippen molar-refractivity contribution in [2.24, 2.45) is 0 Å². The summed E-state index contributed by atoms with van der Waals surface area (Å²) in [5, 5.41) is 5.80. The van der Waals surface area contributed by atoms with Gasteiger partial charge in [-0.3, -0.25) is 18.9 Å². The molecule has 0 radical (unpaired) electrons. The topological polar surface area (TPSA) is 123 Å². The van der Waals surface area contributed by atoms with E-state index >= 15 is 0 Å². The van der Waals surface area contributed by atoms with Crippen molar-refractivity contribution in [2.45, 2.75) is 17.0 Å². The summed E-state index contributed by atoms with van der Waals surface area (Å²) in [4.78, 5) is 34.8. The average molecular weight is 598 g/mol. The van der Waals surface area contributed by atoms with Gasteiger partial charge in [0.15, 0.2) is 10.3 Å². The lowest BCUT2D eigenvalue weighted by Gasteiger charge is -2.15. The minimum absolute atomic E-state index is 0.0319. The summed E-state index contributed by atoms with van der Waals surface area (Å²) < 4.78 is 28.9. The Morgan fingerprint density at radius 1 is 1.10 bits per heavy atom. The van der Waals surface area contributed by atoms with Gasteiger partial charge < -0.3 is 5.32 Å². The van der Waals surface area contributed by atoms with E-state index in [4.69, 9.17) is 11.6 Å². The third kappa shape index (κ3) is 5.98. The van der Waals surface area contributed by atoms with E-state index in [0.717, 1.165) is 17.3 Å². The van der Waals surface area contributed by atoms with Crippen molar-refractivity contribution in [3.63, 3.8) is 0 Å². The Labute approximate surface area is 236 Å². The molecule has 0 saturated carbocycles. The second kappa shape index (κ2) is 11.2. The van der Waals surface area contributed by atoms with E-state index in [1.54, 1.807) is 41.8 Å². The number of amides is 1. The minimum Gasteiger partial charge on any atom is -0.325 e. The number of anilines is 2. The van der Waals surface area contributed by atoms with Crippen molar-refractivity contribution in [3.8, 4) is 5.69 Å². The number of thiazole rings is 1. The molecule has 3 aromatic carbocycles. The molecule has 0 aliphatic rings. The Bertz CT molecular complexity index is 1840. The van der Waals surface area contributed by atoms with Crippen LogP contribution in [0.25, 0.3) is 16.6 Å². The van der Waals surface area contributed by atoms with Crippen LogP contribution in [0.5, 0.6) is 0 Å². The molecule has 0 fully saturated rings. The van der Waals surface area contributed by atoms with Gasteiger partial charge in [-0.2, -0.15) is 0 Å². The lowest BCUT2D eigenvalue weighted by molar-refractivity contribution is -0.113. The highest BCUT2D eigenvalue weighted by molar-refractivity contribution is 7.99. The Morgan fingerprint density at radius 3 is 2.62 bits per heavy atom. The van der Waals surface area contributed by atoms with Crippen LogP contribution in [0.2, 0.25) is 5.02 Å². The van der Waals surface area contributed by atoms with Gasteiger partial charge in [0.25, 0.3) is 15.6 Å². The zero-order valence-corrected chi connectivity index (χ0v) is 23.5. The fourth-order valence-corrected chi connectivity index (χ4v) is 6.50. The predicted octanol–water partition coefficient (Wildman–Crippen LogP) is 5.34. The van der Waals surface area contributed by atoms with Gasteiger partial charge in [0.05, 0.1) is 32.3 Å². The third-order valence-corrected chi connectivity index (χ3v) is 8.95. The normalized spacial score (nSPS) is 11.4. The number of rotatable bonds is 8. The van der Waals surface area contributed by atoms with Crippen LogP contribution in [0.3, 0.4) is 0 Å². The molecule has 0 unspecified atom stereocenters. The van der Waals surface area contributed by atoms with Crippen molar-refractivity contribution in [2.75, 3.05) is 15.8 Å². The van der Waals surface area contributed by atoms with Crippen molar-refractivity contribution >= 4 is 72.4 Å². The van der Waals surface area contributed by atoms with E-state index in [-0.39, 0.29) is 27.2 Å². The van der Waals surface area contributed by atoms with Crippen LogP contribution in [-0.2, 0) is 14.8 Å². The molecule has 0 atom stereocenters. The molecule has 1 amide bonds. The van der Waals surface area contributed by atoms with E-state index in [0.29, 0.717) is 32.5 Å². The van der Waals surface area contributed by atoms with Crippen LogP contribution in [0, 0.1) is 6.92 Å². The lowest BCUT2D eigenvalue weighted by atomic mass is 10.2. The number of hydrogen-bond acceptors (Lipinski definition) is 8. The summed E-state index contributed by atoms with van der Waals surface area (Å²) in [5.74, 6) is -0.416. The van der Waals surface area contributed by atoms with Gasteiger partial charge >= 0.3 is 0 Å². The van der Waals surface area contributed by atoms with Crippen LogP contribution in [-0.4, -0.2) is 34.6 Å². The monoisotopic (exact) mass is 597 g/mol. The number of fused-ring (bicyclic) bond motifs is 1. The maximum absolute atomic E-state index is 13.5. The van der Waals surface area contributed by atoms with Gasteiger partial charge in [0.1, 0.15) is 0 Å². The summed E-state index contributed by atoms with van der Waals surface area (Å²) >= 11 is 8.71. The van der Waals surface area contributed by atoms with Gasteiger partial charge in [-0.1, -0.05) is 41.6 Å². The van der Waals surface area contributed by atoms with Crippen LogP contribution < -0.4 is 15.6 Å². The molecule has 198 valence electrons. The Balaban J connectivity index is 1.35. The number of para-hydroxylation sites is 1. The van der Waals surface area contributed by atoms with Crippen molar-refractivity contribution in [1.82, 2.24) is 14.5 Å². The largest absolute Gasteiger partial charge is 0.325 e. The van der Waals surface area contributed by atoms with E-state index in [2.05, 4.69) is 20.0 Å². The highest BCUT2D eigenvalue weighted by atomic mass is 35.5. The number of nitrogens with one attached hydrogen (secondary N) is 2. The average Bonchev–Trinajstić information content (AvgIpc) is 3.42. The molecule has 2 heterocycles. The van der Waals surface area contributed by atoms with Gasteiger partial charge in [-0.25, -0.2) is 18.4 Å². The fourth-order valence-electron chi connectivity index (χ4n) is 3.71. The standard InChI is InChI=1S/C26H20ClN5O4S3/c1-16-6-11-20(27)22(14-16)32-24(34)19-4-2-3-5-21(19)30-26(32)38-15-23(33)29-17-7-9-18(10-8-17)39(35,36)31-25-28-12-13-37-25/h2-14H,15H2,1H3,(H,28,31)(H,29,33).